The van der Waals surface area contributed by atoms with E-state index in [1.54, 1.807) is 12.3 Å². The number of carbonyl (C=O) groups excluding carboxylic acids is 1. The number of hydrogen-bond acceptors (Lipinski definition) is 3. The SMILES string of the molecule is COc1ncc(-c2ccccc2)cc1C=O. The maximum absolute atomic E-state index is 10.8. The van der Waals surface area contributed by atoms with Crippen LogP contribution in [0.25, 0.3) is 11.1 Å². The molecule has 80 valence electrons. The van der Waals surface area contributed by atoms with Gasteiger partial charge in [-0.1, -0.05) is 30.3 Å². The summed E-state index contributed by atoms with van der Waals surface area (Å²) in [5.41, 5.74) is 2.40. The van der Waals surface area contributed by atoms with Crippen LogP contribution < -0.4 is 4.74 Å². The number of nitrogens with zero attached hydrogens (tertiary/aromatic N) is 1. The van der Waals surface area contributed by atoms with Gasteiger partial charge in [-0.15, -0.1) is 0 Å². The van der Waals surface area contributed by atoms with Crippen LogP contribution in [0, 0.1) is 0 Å². The fourth-order valence-electron chi connectivity index (χ4n) is 1.51. The van der Waals surface area contributed by atoms with Gasteiger partial charge in [-0.25, -0.2) is 4.98 Å². The molecule has 0 aliphatic rings. The first-order valence-electron chi connectivity index (χ1n) is 4.90. The predicted molar refractivity (Wildman–Crippen MR) is 61.6 cm³/mol. The van der Waals surface area contributed by atoms with Crippen molar-refractivity contribution in [1.82, 2.24) is 4.98 Å². The maximum Gasteiger partial charge on any atom is 0.223 e. The molecule has 0 radical (unpaired) electrons. The molecule has 3 nitrogen and oxygen atoms in total. The van der Waals surface area contributed by atoms with Gasteiger partial charge in [-0.2, -0.15) is 0 Å². The van der Waals surface area contributed by atoms with Gasteiger partial charge in [-0.3, -0.25) is 4.79 Å². The van der Waals surface area contributed by atoms with E-state index in [-0.39, 0.29) is 0 Å². The average Bonchev–Trinajstić information content (AvgIpc) is 2.39. The molecule has 0 fully saturated rings. The number of rotatable bonds is 3. The van der Waals surface area contributed by atoms with Gasteiger partial charge in [0.05, 0.1) is 12.7 Å². The molecule has 1 aromatic carbocycles. The van der Waals surface area contributed by atoms with Crippen molar-refractivity contribution in [3.63, 3.8) is 0 Å². The predicted octanol–water partition coefficient (Wildman–Crippen LogP) is 2.57. The number of benzene rings is 1. The Morgan fingerprint density at radius 2 is 1.94 bits per heavy atom. The Kier molecular flexibility index (Phi) is 2.96. The zero-order chi connectivity index (χ0) is 11.4. The van der Waals surface area contributed by atoms with Gasteiger partial charge >= 0.3 is 0 Å². The van der Waals surface area contributed by atoms with E-state index >= 15 is 0 Å². The smallest absolute Gasteiger partial charge is 0.223 e. The molecule has 1 aromatic heterocycles. The Morgan fingerprint density at radius 3 is 2.56 bits per heavy atom. The summed E-state index contributed by atoms with van der Waals surface area (Å²) in [6.07, 6.45) is 2.44. The minimum absolute atomic E-state index is 0.356. The summed E-state index contributed by atoms with van der Waals surface area (Å²) in [7, 11) is 1.50. The quantitative estimate of drug-likeness (QED) is 0.735. The maximum atomic E-state index is 10.8. The van der Waals surface area contributed by atoms with Crippen LogP contribution in [0.1, 0.15) is 10.4 Å². The molecule has 0 saturated carbocycles. The average molecular weight is 213 g/mol. The summed E-state index contributed by atoms with van der Waals surface area (Å²) in [6, 6.07) is 11.5. The first-order valence-corrected chi connectivity index (χ1v) is 4.90. The second kappa shape index (κ2) is 4.57. The third-order valence-corrected chi connectivity index (χ3v) is 2.31. The molecule has 3 heteroatoms. The third kappa shape index (κ3) is 1.93. The summed E-state index contributed by atoms with van der Waals surface area (Å²) in [4.78, 5) is 14.9. The van der Waals surface area contributed by atoms with Gasteiger partial charge in [0.25, 0.3) is 0 Å². The van der Waals surface area contributed by atoms with Crippen LogP contribution in [0.2, 0.25) is 0 Å². The van der Waals surface area contributed by atoms with Crippen molar-refractivity contribution in [2.75, 3.05) is 7.11 Å². The highest BCUT2D eigenvalue weighted by Crippen LogP contribution is 2.22. The zero-order valence-corrected chi connectivity index (χ0v) is 8.88. The lowest BCUT2D eigenvalue weighted by atomic mass is 10.1. The zero-order valence-electron chi connectivity index (χ0n) is 8.88. The molecule has 16 heavy (non-hydrogen) atoms. The molecule has 0 unspecified atom stereocenters. The molecule has 0 bridgehead atoms. The van der Waals surface area contributed by atoms with Crippen molar-refractivity contribution in [2.24, 2.45) is 0 Å². The van der Waals surface area contributed by atoms with Crippen LogP contribution in [0.5, 0.6) is 5.88 Å². The van der Waals surface area contributed by atoms with Crippen LogP contribution in [0.4, 0.5) is 0 Å². The molecule has 2 aromatic rings. The van der Waals surface area contributed by atoms with Crippen LogP contribution in [-0.2, 0) is 0 Å². The van der Waals surface area contributed by atoms with Crippen molar-refractivity contribution in [3.8, 4) is 17.0 Å². The normalized spacial score (nSPS) is 9.81. The molecule has 1 heterocycles. The summed E-state index contributed by atoms with van der Waals surface area (Å²) >= 11 is 0. The van der Waals surface area contributed by atoms with Crippen molar-refractivity contribution in [3.05, 3.63) is 48.2 Å². The highest BCUT2D eigenvalue weighted by atomic mass is 16.5. The minimum atomic E-state index is 0.356. The number of carbonyl (C=O) groups is 1. The summed E-state index contributed by atoms with van der Waals surface area (Å²) in [5.74, 6) is 0.356. The second-order valence-electron chi connectivity index (χ2n) is 3.31. The molecule has 0 amide bonds. The number of hydrogen-bond donors (Lipinski definition) is 0. The second-order valence-corrected chi connectivity index (χ2v) is 3.31. The van der Waals surface area contributed by atoms with E-state index in [1.165, 1.54) is 7.11 Å². The number of aldehydes is 1. The Labute approximate surface area is 93.7 Å². The largest absolute Gasteiger partial charge is 0.480 e. The molecule has 0 aliphatic carbocycles. The third-order valence-electron chi connectivity index (χ3n) is 2.31. The van der Waals surface area contributed by atoms with Gasteiger partial charge in [0.2, 0.25) is 5.88 Å². The highest BCUT2D eigenvalue weighted by Gasteiger charge is 2.05. The van der Waals surface area contributed by atoms with E-state index in [1.807, 2.05) is 30.3 Å². The topological polar surface area (TPSA) is 39.2 Å². The van der Waals surface area contributed by atoms with Crippen LogP contribution in [0.15, 0.2) is 42.6 Å². The minimum Gasteiger partial charge on any atom is -0.480 e. The highest BCUT2D eigenvalue weighted by molar-refractivity contribution is 5.81. The number of ether oxygens (including phenoxy) is 1. The van der Waals surface area contributed by atoms with E-state index in [2.05, 4.69) is 4.98 Å². The van der Waals surface area contributed by atoms with Crippen LogP contribution >= 0.6 is 0 Å². The summed E-state index contributed by atoms with van der Waals surface area (Å²) < 4.78 is 4.98. The van der Waals surface area contributed by atoms with E-state index in [0.29, 0.717) is 11.4 Å². The Bertz CT molecular complexity index is 495. The number of pyridine rings is 1. The van der Waals surface area contributed by atoms with Crippen LogP contribution in [0.3, 0.4) is 0 Å². The van der Waals surface area contributed by atoms with E-state index in [4.69, 9.17) is 4.74 Å². The Morgan fingerprint density at radius 1 is 1.19 bits per heavy atom. The number of methoxy groups -OCH3 is 1. The lowest BCUT2D eigenvalue weighted by molar-refractivity contribution is 0.112. The van der Waals surface area contributed by atoms with Gasteiger partial charge in [0.15, 0.2) is 6.29 Å². The van der Waals surface area contributed by atoms with Crippen molar-refractivity contribution >= 4 is 6.29 Å². The Balaban J connectivity index is 2.48. The van der Waals surface area contributed by atoms with Gasteiger partial charge < -0.3 is 4.74 Å². The first kappa shape index (κ1) is 10.4. The van der Waals surface area contributed by atoms with E-state index in [9.17, 15) is 4.79 Å². The van der Waals surface area contributed by atoms with E-state index in [0.717, 1.165) is 17.4 Å². The fraction of sp³-hybridized carbons (Fsp3) is 0.0769. The molecule has 0 spiro atoms. The summed E-state index contributed by atoms with van der Waals surface area (Å²) in [5, 5.41) is 0. The fourth-order valence-corrected chi connectivity index (χ4v) is 1.51. The van der Waals surface area contributed by atoms with E-state index < -0.39 is 0 Å². The van der Waals surface area contributed by atoms with Gasteiger partial charge in [0.1, 0.15) is 0 Å². The lowest BCUT2D eigenvalue weighted by Gasteiger charge is -2.05. The monoisotopic (exact) mass is 213 g/mol. The molecular formula is C13H11NO2. The van der Waals surface area contributed by atoms with Gasteiger partial charge in [-0.05, 0) is 11.6 Å². The Hall–Kier alpha value is -2.16. The van der Waals surface area contributed by atoms with Crippen LogP contribution in [-0.4, -0.2) is 18.4 Å². The molecular weight excluding hydrogens is 202 g/mol. The number of aromatic nitrogens is 1. The van der Waals surface area contributed by atoms with Gasteiger partial charge in [0, 0.05) is 11.8 Å². The molecule has 0 atom stereocenters. The lowest BCUT2D eigenvalue weighted by Crippen LogP contribution is -1.94. The molecule has 0 saturated heterocycles. The summed E-state index contributed by atoms with van der Waals surface area (Å²) in [6.45, 7) is 0. The first-order chi connectivity index (χ1) is 7.85. The van der Waals surface area contributed by atoms with Crippen molar-refractivity contribution in [1.29, 1.82) is 0 Å². The molecule has 2 rings (SSSR count). The molecule has 0 N–H and O–H groups in total. The van der Waals surface area contributed by atoms with Crippen molar-refractivity contribution in [2.45, 2.75) is 0 Å². The standard InChI is InChI=1S/C13H11NO2/c1-16-13-12(9-15)7-11(8-14-13)10-5-3-2-4-6-10/h2-9H,1H3. The molecule has 0 aliphatic heterocycles. The van der Waals surface area contributed by atoms with Crippen molar-refractivity contribution < 1.29 is 9.53 Å².